The Morgan fingerprint density at radius 1 is 1.28 bits per heavy atom. The summed E-state index contributed by atoms with van der Waals surface area (Å²) in [6.07, 6.45) is 3.81. The number of hydrogen-bond donors (Lipinski definition) is 2. The molecule has 0 saturated heterocycles. The maximum absolute atomic E-state index is 12.3. The van der Waals surface area contributed by atoms with Crippen molar-refractivity contribution in [3.63, 3.8) is 0 Å². The lowest BCUT2D eigenvalue weighted by Crippen LogP contribution is -2.33. The third-order valence-electron chi connectivity index (χ3n) is 4.70. The molecule has 3 rings (SSSR count). The summed E-state index contributed by atoms with van der Waals surface area (Å²) < 4.78 is 7.12. The number of aromatic nitrogens is 3. The van der Waals surface area contributed by atoms with Crippen LogP contribution >= 0.6 is 0 Å². The van der Waals surface area contributed by atoms with Gasteiger partial charge >= 0.3 is 0 Å². The van der Waals surface area contributed by atoms with Crippen molar-refractivity contribution in [2.75, 3.05) is 6.61 Å². The lowest BCUT2D eigenvalue weighted by molar-refractivity contribution is 0.0907. The van der Waals surface area contributed by atoms with Crippen LogP contribution in [0, 0.1) is 0 Å². The summed E-state index contributed by atoms with van der Waals surface area (Å²) in [5, 5.41) is 16.4. The number of nitrogens with one attached hydrogen (secondary N) is 1. The molecule has 0 fully saturated rings. The molecule has 2 heterocycles. The number of hydrogen-bond acceptors (Lipinski definition) is 6. The summed E-state index contributed by atoms with van der Waals surface area (Å²) in [5.74, 6) is 0.201. The molecule has 0 aliphatic rings. The molecular weight excluding hydrogens is 372 g/mol. The summed E-state index contributed by atoms with van der Waals surface area (Å²) in [5.41, 5.74) is 2.44. The lowest BCUT2D eigenvalue weighted by Gasteiger charge is -2.12. The van der Waals surface area contributed by atoms with Gasteiger partial charge in [-0.2, -0.15) is 5.10 Å². The Kier molecular flexibility index (Phi) is 6.56. The highest BCUT2D eigenvalue weighted by Gasteiger charge is 2.17. The normalized spacial score (nSPS) is 11.0. The molecule has 0 radical (unpaired) electrons. The van der Waals surface area contributed by atoms with Gasteiger partial charge in [0.05, 0.1) is 25.0 Å². The Hall–Kier alpha value is -3.26. The summed E-state index contributed by atoms with van der Waals surface area (Å²) in [7, 11) is 0. The molecule has 29 heavy (non-hydrogen) atoms. The molecule has 1 amide bonds. The number of carbonyl (C=O) groups is 2. The van der Waals surface area contributed by atoms with E-state index in [4.69, 9.17) is 9.52 Å². The molecule has 2 aromatic heterocycles. The van der Waals surface area contributed by atoms with Gasteiger partial charge in [-0.05, 0) is 31.0 Å². The third-order valence-corrected chi connectivity index (χ3v) is 4.70. The van der Waals surface area contributed by atoms with E-state index in [1.54, 1.807) is 6.07 Å². The maximum atomic E-state index is 12.3. The zero-order chi connectivity index (χ0) is 20.8. The van der Waals surface area contributed by atoms with E-state index in [-0.39, 0.29) is 30.9 Å². The predicted molar refractivity (Wildman–Crippen MR) is 107 cm³/mol. The van der Waals surface area contributed by atoms with Crippen LogP contribution in [-0.4, -0.2) is 44.7 Å². The van der Waals surface area contributed by atoms with E-state index in [1.807, 2.05) is 38.1 Å². The number of oxazole rings is 1. The highest BCUT2D eigenvalue weighted by molar-refractivity contribution is 5.91. The van der Waals surface area contributed by atoms with Crippen LogP contribution in [0.25, 0.3) is 22.7 Å². The molecule has 0 bridgehead atoms. The van der Waals surface area contributed by atoms with E-state index in [9.17, 15) is 9.59 Å². The number of benzene rings is 1. The molecule has 0 aliphatic carbocycles. The van der Waals surface area contributed by atoms with Crippen LogP contribution in [0.2, 0.25) is 0 Å². The van der Waals surface area contributed by atoms with Crippen LogP contribution in [0.4, 0.5) is 0 Å². The van der Waals surface area contributed by atoms with Crippen LogP contribution in [0.5, 0.6) is 0 Å². The molecule has 8 heteroatoms. The zero-order valence-corrected chi connectivity index (χ0v) is 16.5. The highest BCUT2D eigenvalue weighted by Crippen LogP contribution is 2.26. The summed E-state index contributed by atoms with van der Waals surface area (Å²) >= 11 is 0. The van der Waals surface area contributed by atoms with Gasteiger partial charge in [0.1, 0.15) is 5.69 Å². The van der Waals surface area contributed by atoms with E-state index in [2.05, 4.69) is 15.4 Å². The number of aldehydes is 1. The largest absolute Gasteiger partial charge is 0.431 e. The predicted octanol–water partition coefficient (Wildman–Crippen LogP) is 2.93. The van der Waals surface area contributed by atoms with Gasteiger partial charge in [0.2, 0.25) is 11.7 Å². The fraction of sp³-hybridized carbons (Fsp3) is 0.333. The van der Waals surface area contributed by atoms with Gasteiger partial charge in [-0.1, -0.05) is 26.0 Å². The van der Waals surface area contributed by atoms with Crippen molar-refractivity contribution >= 4 is 12.2 Å². The van der Waals surface area contributed by atoms with Crippen molar-refractivity contribution in [3.05, 3.63) is 48.0 Å². The van der Waals surface area contributed by atoms with Crippen LogP contribution in [0.3, 0.4) is 0 Å². The van der Waals surface area contributed by atoms with E-state index in [1.165, 1.54) is 10.9 Å². The van der Waals surface area contributed by atoms with Crippen molar-refractivity contribution in [2.24, 2.45) is 0 Å². The van der Waals surface area contributed by atoms with Gasteiger partial charge in [-0.3, -0.25) is 14.3 Å². The van der Waals surface area contributed by atoms with Gasteiger partial charge in [0.25, 0.3) is 5.91 Å². The van der Waals surface area contributed by atoms with Gasteiger partial charge in [0, 0.05) is 17.2 Å². The molecule has 0 unspecified atom stereocenters. The van der Waals surface area contributed by atoms with Crippen molar-refractivity contribution in [3.8, 4) is 22.7 Å². The Bertz CT molecular complexity index is 988. The average molecular weight is 396 g/mol. The molecule has 152 valence electrons. The molecule has 0 aliphatic heterocycles. The minimum Gasteiger partial charge on any atom is -0.431 e. The monoisotopic (exact) mass is 396 g/mol. The van der Waals surface area contributed by atoms with Crippen LogP contribution < -0.4 is 5.32 Å². The molecular formula is C21H24N4O4. The number of aliphatic hydroxyl groups excluding tert-OH is 1. The maximum Gasteiger partial charge on any atom is 0.288 e. The second kappa shape index (κ2) is 9.29. The Balaban J connectivity index is 1.84. The fourth-order valence-corrected chi connectivity index (χ4v) is 3.01. The number of rotatable bonds is 9. The fourth-order valence-electron chi connectivity index (χ4n) is 3.01. The molecule has 3 aromatic rings. The number of amides is 1. The molecule has 8 nitrogen and oxygen atoms in total. The Labute approximate surface area is 168 Å². The minimum atomic E-state index is -0.285. The molecule has 0 atom stereocenters. The summed E-state index contributed by atoms with van der Waals surface area (Å²) in [6.45, 7) is 4.16. The standard InChI is InChI=1S/C21H24N4O4/c1-3-16(4-2)23-20(28)19-12-22-21(29-19)15-7-5-6-14(10-15)18-11-17(13-27)25(24-18)8-9-26/h5-7,10-13,16,26H,3-4,8-9H2,1-2H3,(H,23,28). The van der Waals surface area contributed by atoms with Gasteiger partial charge in [-0.25, -0.2) is 4.98 Å². The highest BCUT2D eigenvalue weighted by atomic mass is 16.4. The SMILES string of the molecule is CCC(CC)NC(=O)c1cnc(-c2cccc(-c3cc(C=O)n(CCO)n3)c2)o1. The van der Waals surface area contributed by atoms with Gasteiger partial charge < -0.3 is 14.8 Å². The van der Waals surface area contributed by atoms with Gasteiger partial charge in [0.15, 0.2) is 6.29 Å². The first-order valence-electron chi connectivity index (χ1n) is 9.61. The minimum absolute atomic E-state index is 0.0976. The second-order valence-electron chi connectivity index (χ2n) is 6.62. The van der Waals surface area contributed by atoms with E-state index >= 15 is 0 Å². The third kappa shape index (κ3) is 4.60. The Morgan fingerprint density at radius 2 is 2.03 bits per heavy atom. The number of nitrogens with zero attached hydrogens (tertiary/aromatic N) is 3. The van der Waals surface area contributed by atoms with Crippen molar-refractivity contribution < 1.29 is 19.1 Å². The smallest absolute Gasteiger partial charge is 0.288 e. The molecule has 0 saturated carbocycles. The number of carbonyl (C=O) groups excluding carboxylic acids is 2. The van der Waals surface area contributed by atoms with Gasteiger partial charge in [-0.15, -0.1) is 0 Å². The van der Waals surface area contributed by atoms with Crippen molar-refractivity contribution in [2.45, 2.75) is 39.3 Å². The first kappa shape index (κ1) is 20.5. The lowest BCUT2D eigenvalue weighted by atomic mass is 10.1. The average Bonchev–Trinajstić information content (AvgIpc) is 3.40. The topological polar surface area (TPSA) is 110 Å². The van der Waals surface area contributed by atoms with E-state index in [0.29, 0.717) is 29.1 Å². The molecule has 1 aromatic carbocycles. The quantitative estimate of drug-likeness (QED) is 0.538. The first-order chi connectivity index (χ1) is 14.1. The summed E-state index contributed by atoms with van der Waals surface area (Å²) in [6, 6.07) is 9.09. The van der Waals surface area contributed by atoms with Crippen molar-refractivity contribution in [1.82, 2.24) is 20.1 Å². The van der Waals surface area contributed by atoms with E-state index in [0.717, 1.165) is 18.4 Å². The van der Waals surface area contributed by atoms with Crippen LogP contribution in [-0.2, 0) is 6.54 Å². The van der Waals surface area contributed by atoms with Crippen molar-refractivity contribution in [1.29, 1.82) is 0 Å². The molecule has 2 N–H and O–H groups in total. The Morgan fingerprint density at radius 3 is 2.72 bits per heavy atom. The van der Waals surface area contributed by atoms with Crippen LogP contribution in [0.1, 0.15) is 47.7 Å². The zero-order valence-electron chi connectivity index (χ0n) is 16.5. The second-order valence-corrected chi connectivity index (χ2v) is 6.62. The van der Waals surface area contributed by atoms with Crippen LogP contribution in [0.15, 0.2) is 40.9 Å². The summed E-state index contributed by atoms with van der Waals surface area (Å²) in [4.78, 5) is 27.8. The molecule has 0 spiro atoms. The number of aliphatic hydroxyl groups is 1. The first-order valence-corrected chi connectivity index (χ1v) is 9.61. The van der Waals surface area contributed by atoms with E-state index < -0.39 is 0 Å².